The molecule has 0 heterocycles. The second kappa shape index (κ2) is 9.30. The van der Waals surface area contributed by atoms with Gasteiger partial charge in [0.2, 0.25) is 0 Å². The van der Waals surface area contributed by atoms with Crippen molar-refractivity contribution in [3.05, 3.63) is 58.9 Å². The molecule has 8 nitrogen and oxygen atoms in total. The first-order valence-electron chi connectivity index (χ1n) is 7.37. The number of aliphatic carboxylic acids is 1. The summed E-state index contributed by atoms with van der Waals surface area (Å²) in [4.78, 5) is 33.7. The van der Waals surface area contributed by atoms with E-state index in [0.29, 0.717) is 5.56 Å². The van der Waals surface area contributed by atoms with Crippen LogP contribution in [0, 0.1) is 5.82 Å². The Balaban J connectivity index is 1.89. The summed E-state index contributed by atoms with van der Waals surface area (Å²) >= 11 is 5.93. The van der Waals surface area contributed by atoms with Gasteiger partial charge in [-0.2, -0.15) is 5.10 Å². The lowest BCUT2D eigenvalue weighted by Crippen LogP contribution is -2.32. The zero-order valence-electron chi connectivity index (χ0n) is 13.6. The number of anilines is 1. The van der Waals surface area contributed by atoms with E-state index in [-0.39, 0.29) is 16.5 Å². The Hall–Kier alpha value is -3.46. The van der Waals surface area contributed by atoms with Crippen LogP contribution in [0.4, 0.5) is 10.1 Å². The SMILES string of the molecule is O=C([O-])COc1ccc(/C=N\NC(=O)C(=O)Nc2ccc(F)cc2)cc1Cl. The third-order valence-electron chi connectivity index (χ3n) is 2.99. The number of hydrogen-bond acceptors (Lipinski definition) is 6. The van der Waals surface area contributed by atoms with Gasteiger partial charge in [0.15, 0.2) is 0 Å². The van der Waals surface area contributed by atoms with Crippen molar-refractivity contribution < 1.29 is 28.6 Å². The molecule has 2 amide bonds. The second-order valence-electron chi connectivity index (χ2n) is 5.01. The van der Waals surface area contributed by atoms with Gasteiger partial charge in [-0.25, -0.2) is 9.82 Å². The Morgan fingerprint density at radius 1 is 1.15 bits per heavy atom. The summed E-state index contributed by atoms with van der Waals surface area (Å²) < 4.78 is 17.7. The van der Waals surface area contributed by atoms with E-state index in [1.807, 2.05) is 5.43 Å². The summed E-state index contributed by atoms with van der Waals surface area (Å²) in [5, 5.41) is 16.4. The molecular formula is C17H12ClFN3O5-. The molecule has 0 aliphatic heterocycles. The number of carboxylic acids is 1. The summed E-state index contributed by atoms with van der Waals surface area (Å²) in [7, 11) is 0. The lowest BCUT2D eigenvalue weighted by molar-refractivity contribution is -0.307. The molecule has 0 aliphatic carbocycles. The number of carbonyl (C=O) groups excluding carboxylic acids is 3. The van der Waals surface area contributed by atoms with Crippen LogP contribution in [0.25, 0.3) is 0 Å². The molecule has 0 fully saturated rings. The Bertz CT molecular complexity index is 887. The van der Waals surface area contributed by atoms with Crippen LogP contribution < -0.4 is 20.6 Å². The Kier molecular flexibility index (Phi) is 6.84. The van der Waals surface area contributed by atoms with E-state index >= 15 is 0 Å². The monoisotopic (exact) mass is 392 g/mol. The molecular weight excluding hydrogens is 381 g/mol. The first-order valence-corrected chi connectivity index (χ1v) is 7.75. The number of ether oxygens (including phenoxy) is 1. The number of nitrogens with zero attached hydrogens (tertiary/aromatic N) is 1. The molecule has 0 unspecified atom stereocenters. The lowest BCUT2D eigenvalue weighted by Gasteiger charge is -2.08. The predicted octanol–water partition coefficient (Wildman–Crippen LogP) is 0.697. The topological polar surface area (TPSA) is 120 Å². The highest BCUT2D eigenvalue weighted by Crippen LogP contribution is 2.24. The first-order chi connectivity index (χ1) is 12.8. The summed E-state index contributed by atoms with van der Waals surface area (Å²) in [6, 6.07) is 9.21. The molecule has 0 bridgehead atoms. The van der Waals surface area contributed by atoms with Crippen LogP contribution in [0.5, 0.6) is 5.75 Å². The average molecular weight is 393 g/mol. The summed E-state index contributed by atoms with van der Waals surface area (Å²) in [5.74, 6) is -3.74. The Morgan fingerprint density at radius 2 is 1.85 bits per heavy atom. The first kappa shape index (κ1) is 19.9. The summed E-state index contributed by atoms with van der Waals surface area (Å²) in [5.41, 5.74) is 2.73. The van der Waals surface area contributed by atoms with Gasteiger partial charge in [0.1, 0.15) is 18.2 Å². The van der Waals surface area contributed by atoms with Crippen molar-refractivity contribution in [1.82, 2.24) is 5.43 Å². The Labute approximate surface area is 157 Å². The third kappa shape index (κ3) is 6.40. The summed E-state index contributed by atoms with van der Waals surface area (Å²) in [6.45, 7) is -0.646. The van der Waals surface area contributed by atoms with E-state index in [1.165, 1.54) is 36.5 Å². The number of nitrogens with one attached hydrogen (secondary N) is 2. The van der Waals surface area contributed by atoms with Gasteiger partial charge in [0.05, 0.1) is 17.2 Å². The molecule has 2 aromatic rings. The highest BCUT2D eigenvalue weighted by molar-refractivity contribution is 6.39. The number of amides is 2. The molecule has 0 saturated heterocycles. The third-order valence-corrected chi connectivity index (χ3v) is 3.28. The van der Waals surface area contributed by atoms with Gasteiger partial charge >= 0.3 is 11.8 Å². The number of hydrazone groups is 1. The molecule has 2 rings (SSSR count). The average Bonchev–Trinajstić information content (AvgIpc) is 2.62. The predicted molar refractivity (Wildman–Crippen MR) is 92.7 cm³/mol. The van der Waals surface area contributed by atoms with Gasteiger partial charge in [-0.1, -0.05) is 11.6 Å². The molecule has 0 aliphatic rings. The van der Waals surface area contributed by atoms with Crippen LogP contribution in [-0.2, 0) is 14.4 Å². The van der Waals surface area contributed by atoms with E-state index in [9.17, 15) is 23.9 Å². The standard InChI is InChI=1S/C17H13ClFN3O5/c18-13-7-10(1-6-14(13)27-9-15(23)24)8-20-22-17(26)16(25)21-12-4-2-11(19)3-5-12/h1-8H,9H2,(H,21,25)(H,22,26)(H,23,24)/p-1/b20-8-. The van der Waals surface area contributed by atoms with E-state index < -0.39 is 30.2 Å². The quantitative estimate of drug-likeness (QED) is 0.426. The van der Waals surface area contributed by atoms with E-state index in [4.69, 9.17) is 16.3 Å². The largest absolute Gasteiger partial charge is 0.546 e. The van der Waals surface area contributed by atoms with Crippen LogP contribution in [0.3, 0.4) is 0 Å². The van der Waals surface area contributed by atoms with Crippen molar-refractivity contribution in [3.8, 4) is 5.75 Å². The molecule has 2 aromatic carbocycles. The van der Waals surface area contributed by atoms with Gasteiger partial charge in [0.25, 0.3) is 0 Å². The van der Waals surface area contributed by atoms with Crippen molar-refractivity contribution in [2.75, 3.05) is 11.9 Å². The molecule has 0 aromatic heterocycles. The van der Waals surface area contributed by atoms with Crippen LogP contribution in [0.1, 0.15) is 5.56 Å². The van der Waals surface area contributed by atoms with Gasteiger partial charge in [-0.15, -0.1) is 0 Å². The number of hydrogen-bond donors (Lipinski definition) is 2. The molecule has 0 spiro atoms. The van der Waals surface area contributed by atoms with Gasteiger partial charge in [-0.3, -0.25) is 9.59 Å². The molecule has 27 heavy (non-hydrogen) atoms. The minimum atomic E-state index is -1.39. The van der Waals surface area contributed by atoms with Crippen molar-refractivity contribution in [1.29, 1.82) is 0 Å². The van der Waals surface area contributed by atoms with Crippen molar-refractivity contribution >= 4 is 41.3 Å². The minimum absolute atomic E-state index is 0.126. The Morgan fingerprint density at radius 3 is 2.48 bits per heavy atom. The van der Waals surface area contributed by atoms with Crippen molar-refractivity contribution in [3.63, 3.8) is 0 Å². The van der Waals surface area contributed by atoms with Gasteiger partial charge in [0, 0.05) is 5.69 Å². The fourth-order valence-corrected chi connectivity index (χ4v) is 2.03. The van der Waals surface area contributed by atoms with E-state index in [1.54, 1.807) is 0 Å². The van der Waals surface area contributed by atoms with E-state index in [0.717, 1.165) is 12.1 Å². The molecule has 0 radical (unpaired) electrons. The normalized spacial score (nSPS) is 10.4. The fraction of sp³-hybridized carbons (Fsp3) is 0.0588. The minimum Gasteiger partial charge on any atom is -0.546 e. The number of carboxylic acid groups (broad SMARTS) is 1. The maximum atomic E-state index is 12.8. The number of benzene rings is 2. The second-order valence-corrected chi connectivity index (χ2v) is 5.42. The zero-order chi connectivity index (χ0) is 19.8. The lowest BCUT2D eigenvalue weighted by atomic mass is 10.2. The zero-order valence-corrected chi connectivity index (χ0v) is 14.3. The number of rotatable bonds is 6. The molecule has 140 valence electrons. The van der Waals surface area contributed by atoms with Crippen LogP contribution in [0.2, 0.25) is 5.02 Å². The number of halogens is 2. The molecule has 2 N–H and O–H groups in total. The van der Waals surface area contributed by atoms with Crippen molar-refractivity contribution in [2.24, 2.45) is 5.10 Å². The van der Waals surface area contributed by atoms with Gasteiger partial charge < -0.3 is 20.0 Å². The van der Waals surface area contributed by atoms with E-state index in [2.05, 4.69) is 10.4 Å². The maximum Gasteiger partial charge on any atom is 0.329 e. The highest BCUT2D eigenvalue weighted by atomic mass is 35.5. The van der Waals surface area contributed by atoms with Gasteiger partial charge in [-0.05, 0) is 48.0 Å². The van der Waals surface area contributed by atoms with Crippen LogP contribution in [-0.4, -0.2) is 30.6 Å². The van der Waals surface area contributed by atoms with Crippen LogP contribution >= 0.6 is 11.6 Å². The fourth-order valence-electron chi connectivity index (χ4n) is 1.79. The summed E-state index contributed by atoms with van der Waals surface area (Å²) in [6.07, 6.45) is 1.22. The maximum absolute atomic E-state index is 12.8. The van der Waals surface area contributed by atoms with Crippen molar-refractivity contribution in [2.45, 2.75) is 0 Å². The molecule has 0 saturated carbocycles. The number of carbonyl (C=O) groups is 3. The van der Waals surface area contributed by atoms with Crippen LogP contribution in [0.15, 0.2) is 47.6 Å². The molecule has 0 atom stereocenters. The molecule has 10 heteroatoms. The smallest absolute Gasteiger partial charge is 0.329 e. The highest BCUT2D eigenvalue weighted by Gasteiger charge is 2.12.